The second-order valence-electron chi connectivity index (χ2n) is 3.04. The number of hydrogen-bond acceptors (Lipinski definition) is 3. The summed E-state index contributed by atoms with van der Waals surface area (Å²) in [6.07, 6.45) is 2.26. The second kappa shape index (κ2) is 5.47. The summed E-state index contributed by atoms with van der Waals surface area (Å²) in [5.74, 6) is -0.479. The van der Waals surface area contributed by atoms with E-state index in [0.29, 0.717) is 28.0 Å². The summed E-state index contributed by atoms with van der Waals surface area (Å²) in [4.78, 5) is 22.3. The molecule has 4 heteroatoms. The summed E-state index contributed by atoms with van der Waals surface area (Å²) < 4.78 is 4.63. The number of ether oxygens (including phenoxy) is 1. The molecule has 0 fully saturated rings. The number of carbonyl (C=O) groups excluding carboxylic acids is 2. The van der Waals surface area contributed by atoms with Gasteiger partial charge < -0.3 is 4.74 Å². The first-order chi connectivity index (χ1) is 7.63. The van der Waals surface area contributed by atoms with Crippen LogP contribution in [0.3, 0.4) is 0 Å². The van der Waals surface area contributed by atoms with Crippen molar-refractivity contribution in [1.82, 2.24) is 0 Å². The molecule has 0 aromatic heterocycles. The maximum Gasteiger partial charge on any atom is 0.338 e. The molecule has 1 aromatic carbocycles. The molecule has 0 bridgehead atoms. The molecule has 0 aliphatic heterocycles. The van der Waals surface area contributed by atoms with Gasteiger partial charge in [0.1, 0.15) is 0 Å². The molecule has 3 nitrogen and oxygen atoms in total. The number of methoxy groups -OCH3 is 1. The van der Waals surface area contributed by atoms with Gasteiger partial charge in [0.2, 0.25) is 0 Å². The molecule has 1 aromatic rings. The van der Waals surface area contributed by atoms with Gasteiger partial charge in [0.15, 0.2) is 6.29 Å². The molecule has 0 saturated carbocycles. The molecule has 0 saturated heterocycles. The molecule has 0 N–H and O–H groups in total. The van der Waals surface area contributed by atoms with Gasteiger partial charge in [-0.05, 0) is 24.6 Å². The summed E-state index contributed by atoms with van der Waals surface area (Å²) >= 11 is 5.76. The fourth-order valence-electron chi connectivity index (χ4n) is 1.37. The Kier molecular flexibility index (Phi) is 4.26. The van der Waals surface area contributed by atoms with Gasteiger partial charge in [-0.3, -0.25) is 4.79 Å². The van der Waals surface area contributed by atoms with Crippen LogP contribution in [0.1, 0.15) is 22.8 Å². The normalized spacial score (nSPS) is 11.1. The van der Waals surface area contributed by atoms with Crippen LogP contribution in [0.2, 0.25) is 5.02 Å². The van der Waals surface area contributed by atoms with Crippen molar-refractivity contribution < 1.29 is 14.3 Å². The molecule has 0 radical (unpaired) electrons. The summed E-state index contributed by atoms with van der Waals surface area (Å²) in [6, 6.07) is 4.75. The van der Waals surface area contributed by atoms with Gasteiger partial charge in [-0.25, -0.2) is 4.79 Å². The first-order valence-electron chi connectivity index (χ1n) is 4.63. The van der Waals surface area contributed by atoms with Crippen LogP contribution in [0.5, 0.6) is 0 Å². The van der Waals surface area contributed by atoms with Crippen molar-refractivity contribution >= 4 is 29.4 Å². The van der Waals surface area contributed by atoms with E-state index in [1.54, 1.807) is 25.1 Å². The van der Waals surface area contributed by atoms with E-state index in [1.165, 1.54) is 13.2 Å². The number of rotatable bonds is 3. The van der Waals surface area contributed by atoms with Crippen molar-refractivity contribution in [2.24, 2.45) is 0 Å². The highest BCUT2D eigenvalue weighted by Crippen LogP contribution is 2.22. The van der Waals surface area contributed by atoms with Crippen molar-refractivity contribution in [1.29, 1.82) is 0 Å². The fourth-order valence-corrected chi connectivity index (χ4v) is 1.55. The Morgan fingerprint density at radius 1 is 1.44 bits per heavy atom. The van der Waals surface area contributed by atoms with Crippen molar-refractivity contribution in [3.63, 3.8) is 0 Å². The first kappa shape index (κ1) is 12.5. The van der Waals surface area contributed by atoms with Gasteiger partial charge in [0, 0.05) is 10.6 Å². The molecule has 0 amide bonds. The summed E-state index contributed by atoms with van der Waals surface area (Å²) in [7, 11) is 1.29. The largest absolute Gasteiger partial charge is 0.465 e. The molecule has 0 spiro atoms. The predicted octanol–water partition coefficient (Wildman–Crippen LogP) is 2.73. The molecule has 0 aliphatic carbocycles. The average molecular weight is 239 g/mol. The lowest BCUT2D eigenvalue weighted by molar-refractivity contribution is -0.133. The predicted molar refractivity (Wildman–Crippen MR) is 62.5 cm³/mol. The minimum atomic E-state index is -0.479. The van der Waals surface area contributed by atoms with E-state index < -0.39 is 5.97 Å². The molecule has 0 aliphatic rings. The van der Waals surface area contributed by atoms with Crippen molar-refractivity contribution in [2.75, 3.05) is 7.11 Å². The van der Waals surface area contributed by atoms with Crippen LogP contribution < -0.4 is 0 Å². The lowest BCUT2D eigenvalue weighted by Gasteiger charge is -2.07. The maximum absolute atomic E-state index is 11.5. The molecule has 0 atom stereocenters. The van der Waals surface area contributed by atoms with Gasteiger partial charge in [-0.15, -0.1) is 0 Å². The zero-order valence-corrected chi connectivity index (χ0v) is 9.75. The topological polar surface area (TPSA) is 43.4 Å². The van der Waals surface area contributed by atoms with Crippen LogP contribution in [0.25, 0.3) is 5.57 Å². The maximum atomic E-state index is 11.5. The Morgan fingerprint density at radius 2 is 2.12 bits per heavy atom. The summed E-state index contributed by atoms with van der Waals surface area (Å²) in [6.45, 7) is 1.70. The number of aldehydes is 1. The van der Waals surface area contributed by atoms with E-state index in [9.17, 15) is 9.59 Å². The average Bonchev–Trinajstić information content (AvgIpc) is 2.31. The third-order valence-corrected chi connectivity index (χ3v) is 2.36. The number of halogens is 1. The van der Waals surface area contributed by atoms with E-state index in [4.69, 9.17) is 11.6 Å². The number of esters is 1. The lowest BCUT2D eigenvalue weighted by atomic mass is 10.0. The van der Waals surface area contributed by atoms with Crippen molar-refractivity contribution in [3.05, 3.63) is 40.4 Å². The lowest BCUT2D eigenvalue weighted by Crippen LogP contribution is -2.05. The quantitative estimate of drug-likeness (QED) is 0.462. The fraction of sp³-hybridized carbons (Fsp3) is 0.167. The van der Waals surface area contributed by atoms with Gasteiger partial charge in [-0.1, -0.05) is 23.7 Å². The number of hydrogen-bond donors (Lipinski definition) is 0. The highest BCUT2D eigenvalue weighted by molar-refractivity contribution is 6.31. The highest BCUT2D eigenvalue weighted by atomic mass is 35.5. The Balaban J connectivity index is 3.31. The first-order valence-corrected chi connectivity index (χ1v) is 5.01. The minimum Gasteiger partial charge on any atom is -0.465 e. The standard InChI is InChI=1S/C12H11ClO3/c1-3-10(12(15)16-2)11-5-4-9(13)6-8(11)7-14/h3-7H,1-2H3/b10-3+. The Hall–Kier alpha value is -1.61. The molecule has 1 rings (SSSR count). The van der Waals surface area contributed by atoms with Crippen LogP contribution in [-0.4, -0.2) is 19.4 Å². The monoisotopic (exact) mass is 238 g/mol. The Bertz CT molecular complexity index is 450. The molecular formula is C12H11ClO3. The number of benzene rings is 1. The van der Waals surface area contributed by atoms with Gasteiger partial charge >= 0.3 is 5.97 Å². The number of allylic oxidation sites excluding steroid dienone is 1. The summed E-state index contributed by atoms with van der Waals surface area (Å²) in [5.41, 5.74) is 1.24. The highest BCUT2D eigenvalue weighted by Gasteiger charge is 2.14. The minimum absolute atomic E-state index is 0.348. The third kappa shape index (κ3) is 2.49. The molecule has 84 valence electrons. The Labute approximate surface area is 98.7 Å². The molecular weight excluding hydrogens is 228 g/mol. The smallest absolute Gasteiger partial charge is 0.338 e. The van der Waals surface area contributed by atoms with Gasteiger partial charge in [-0.2, -0.15) is 0 Å². The van der Waals surface area contributed by atoms with Crippen LogP contribution in [0.15, 0.2) is 24.3 Å². The molecule has 0 heterocycles. The summed E-state index contributed by atoms with van der Waals surface area (Å²) in [5, 5.41) is 0.450. The van der Waals surface area contributed by atoms with E-state index in [-0.39, 0.29) is 0 Å². The van der Waals surface area contributed by atoms with E-state index in [1.807, 2.05) is 0 Å². The second-order valence-corrected chi connectivity index (χ2v) is 3.48. The number of carbonyl (C=O) groups is 2. The van der Waals surface area contributed by atoms with E-state index >= 15 is 0 Å². The Morgan fingerprint density at radius 3 is 2.62 bits per heavy atom. The van der Waals surface area contributed by atoms with Crippen LogP contribution in [-0.2, 0) is 9.53 Å². The SMILES string of the molecule is C/C=C(/C(=O)OC)c1ccc(Cl)cc1C=O. The van der Waals surface area contributed by atoms with Crippen LogP contribution in [0.4, 0.5) is 0 Å². The zero-order chi connectivity index (χ0) is 12.1. The van der Waals surface area contributed by atoms with E-state index in [0.717, 1.165) is 0 Å². The van der Waals surface area contributed by atoms with E-state index in [2.05, 4.69) is 4.74 Å². The van der Waals surface area contributed by atoms with Gasteiger partial charge in [0.05, 0.1) is 12.7 Å². The van der Waals surface area contributed by atoms with Gasteiger partial charge in [0.25, 0.3) is 0 Å². The third-order valence-electron chi connectivity index (χ3n) is 2.12. The zero-order valence-electron chi connectivity index (χ0n) is 8.99. The van der Waals surface area contributed by atoms with Crippen LogP contribution >= 0.6 is 11.6 Å². The van der Waals surface area contributed by atoms with Crippen LogP contribution in [0, 0.1) is 0 Å². The molecule has 0 unspecified atom stereocenters. The molecule has 16 heavy (non-hydrogen) atoms. The van der Waals surface area contributed by atoms with Crippen molar-refractivity contribution in [3.8, 4) is 0 Å². The van der Waals surface area contributed by atoms with Crippen molar-refractivity contribution in [2.45, 2.75) is 6.92 Å².